The van der Waals surface area contributed by atoms with Crippen LogP contribution in [-0.4, -0.2) is 36.7 Å². The Morgan fingerprint density at radius 3 is 2.38 bits per heavy atom. The highest BCUT2D eigenvalue weighted by molar-refractivity contribution is 7.90. The summed E-state index contributed by atoms with van der Waals surface area (Å²) in [7, 11) is -2.16. The second-order valence-corrected chi connectivity index (χ2v) is 8.94. The summed E-state index contributed by atoms with van der Waals surface area (Å²) in [6.45, 7) is 0. The number of aromatic nitrogens is 2. The van der Waals surface area contributed by atoms with E-state index in [9.17, 15) is 13.2 Å². The zero-order valence-corrected chi connectivity index (χ0v) is 18.7. The molecule has 8 nitrogen and oxygen atoms in total. The molecule has 32 heavy (non-hydrogen) atoms. The van der Waals surface area contributed by atoms with Gasteiger partial charge in [0.15, 0.2) is 14.9 Å². The fourth-order valence-corrected chi connectivity index (χ4v) is 4.09. The minimum absolute atomic E-state index is 0.0943. The molecule has 0 saturated carbocycles. The van der Waals surface area contributed by atoms with Crippen molar-refractivity contribution in [3.63, 3.8) is 0 Å². The van der Waals surface area contributed by atoms with Gasteiger partial charge in [-0.2, -0.15) is 5.10 Å². The van der Waals surface area contributed by atoms with Crippen LogP contribution in [0.1, 0.15) is 11.3 Å². The standard InChI is InChI=1S/C22H20N4O4S2/c1-30-21-14-10-18(25-26-21)15-32(28,29)19-11-8-17(9-12-19)23-22(31)24-20(27)13-7-16-5-3-2-4-6-16/h2-14H,15H2,1H3,(H2,23,24,27,31)/b13-7+. The van der Waals surface area contributed by atoms with Gasteiger partial charge in [0.2, 0.25) is 11.8 Å². The Hall–Kier alpha value is -3.63. The van der Waals surface area contributed by atoms with Gasteiger partial charge in [0, 0.05) is 17.8 Å². The van der Waals surface area contributed by atoms with E-state index < -0.39 is 9.84 Å². The molecule has 1 heterocycles. The van der Waals surface area contributed by atoms with Crippen LogP contribution in [0, 0.1) is 0 Å². The average molecular weight is 469 g/mol. The third-order valence-corrected chi connectivity index (χ3v) is 6.05. The first-order chi connectivity index (χ1) is 15.4. The molecule has 1 amide bonds. The fourth-order valence-electron chi connectivity index (χ4n) is 2.61. The zero-order chi connectivity index (χ0) is 23.0. The number of carbonyl (C=O) groups excluding carboxylic acids is 1. The van der Waals surface area contributed by atoms with Crippen LogP contribution in [0.25, 0.3) is 6.08 Å². The molecule has 1 aromatic heterocycles. The molecule has 3 rings (SSSR count). The predicted molar refractivity (Wildman–Crippen MR) is 126 cm³/mol. The SMILES string of the molecule is COc1ccc(CS(=O)(=O)c2ccc(NC(=S)NC(=O)/C=C/c3ccccc3)cc2)nn1. The van der Waals surface area contributed by atoms with Gasteiger partial charge in [-0.1, -0.05) is 30.3 Å². The second-order valence-electron chi connectivity index (χ2n) is 6.54. The molecule has 2 aromatic carbocycles. The number of amides is 1. The van der Waals surface area contributed by atoms with Crippen LogP contribution >= 0.6 is 12.2 Å². The average Bonchev–Trinajstić information content (AvgIpc) is 2.79. The molecule has 0 atom stereocenters. The number of ether oxygens (including phenoxy) is 1. The number of nitrogens with zero attached hydrogens (tertiary/aromatic N) is 2. The number of nitrogens with one attached hydrogen (secondary N) is 2. The van der Waals surface area contributed by atoms with Crippen molar-refractivity contribution in [2.24, 2.45) is 0 Å². The minimum atomic E-state index is -3.61. The van der Waals surface area contributed by atoms with Crippen LogP contribution in [0.5, 0.6) is 5.88 Å². The first kappa shape index (κ1) is 23.0. The van der Waals surface area contributed by atoms with E-state index in [1.54, 1.807) is 30.3 Å². The maximum Gasteiger partial charge on any atom is 0.250 e. The molecular formula is C22H20N4O4S2. The number of sulfone groups is 1. The third-order valence-electron chi connectivity index (χ3n) is 4.18. The van der Waals surface area contributed by atoms with E-state index in [0.29, 0.717) is 17.3 Å². The summed E-state index contributed by atoms with van der Waals surface area (Å²) in [5.74, 6) is -0.370. The van der Waals surface area contributed by atoms with Gasteiger partial charge in [0.25, 0.3) is 0 Å². The normalized spacial score (nSPS) is 11.2. The van der Waals surface area contributed by atoms with E-state index in [1.165, 1.54) is 25.3 Å². The van der Waals surface area contributed by atoms with Crippen molar-refractivity contribution in [2.75, 3.05) is 12.4 Å². The van der Waals surface area contributed by atoms with Crippen LogP contribution in [0.2, 0.25) is 0 Å². The molecule has 3 aromatic rings. The van der Waals surface area contributed by atoms with Gasteiger partial charge in [0.05, 0.1) is 23.5 Å². The molecule has 0 saturated heterocycles. The Kier molecular flexibility index (Phi) is 7.63. The summed E-state index contributed by atoms with van der Waals surface area (Å²) in [6.07, 6.45) is 3.05. The summed E-state index contributed by atoms with van der Waals surface area (Å²) in [4.78, 5) is 12.1. The number of benzene rings is 2. The first-order valence-corrected chi connectivity index (χ1v) is 11.5. The van der Waals surface area contributed by atoms with Gasteiger partial charge in [-0.25, -0.2) is 8.42 Å². The van der Waals surface area contributed by atoms with Gasteiger partial charge in [-0.15, -0.1) is 5.10 Å². The van der Waals surface area contributed by atoms with Crippen molar-refractivity contribution >= 4 is 44.8 Å². The molecule has 164 valence electrons. The largest absolute Gasteiger partial charge is 0.480 e. The number of carbonyl (C=O) groups is 1. The van der Waals surface area contributed by atoms with Crippen LogP contribution in [0.3, 0.4) is 0 Å². The molecule has 2 N–H and O–H groups in total. The molecule has 0 aliphatic heterocycles. The Balaban J connectivity index is 1.56. The summed E-state index contributed by atoms with van der Waals surface area (Å²) < 4.78 is 30.1. The fraction of sp³-hybridized carbons (Fsp3) is 0.0909. The van der Waals surface area contributed by atoms with Crippen molar-refractivity contribution in [1.29, 1.82) is 0 Å². The molecule has 0 aliphatic rings. The van der Waals surface area contributed by atoms with Crippen molar-refractivity contribution in [3.05, 3.63) is 84.1 Å². The number of rotatable bonds is 7. The highest BCUT2D eigenvalue weighted by Crippen LogP contribution is 2.18. The lowest BCUT2D eigenvalue weighted by molar-refractivity contribution is -0.115. The van der Waals surface area contributed by atoms with Crippen LogP contribution in [0.4, 0.5) is 5.69 Å². The van der Waals surface area contributed by atoms with E-state index in [-0.39, 0.29) is 21.7 Å². The lowest BCUT2D eigenvalue weighted by Crippen LogP contribution is -2.32. The number of thiocarbonyl (C=S) groups is 1. The molecule has 0 radical (unpaired) electrons. The molecule has 0 unspecified atom stereocenters. The number of methoxy groups -OCH3 is 1. The van der Waals surface area contributed by atoms with E-state index in [4.69, 9.17) is 17.0 Å². The topological polar surface area (TPSA) is 110 Å². The van der Waals surface area contributed by atoms with Crippen molar-refractivity contribution in [3.8, 4) is 5.88 Å². The quantitative estimate of drug-likeness (QED) is 0.402. The van der Waals surface area contributed by atoms with Crippen LogP contribution in [0.15, 0.2) is 77.7 Å². The summed E-state index contributed by atoms with van der Waals surface area (Å²) in [6, 6.07) is 18.5. The number of hydrogen-bond acceptors (Lipinski definition) is 7. The predicted octanol–water partition coefficient (Wildman–Crippen LogP) is 2.99. The Bertz CT molecular complexity index is 1210. The Morgan fingerprint density at radius 2 is 1.75 bits per heavy atom. The molecule has 0 spiro atoms. The summed E-state index contributed by atoms with van der Waals surface area (Å²) in [5.41, 5.74) is 1.73. The Morgan fingerprint density at radius 1 is 1.03 bits per heavy atom. The lowest BCUT2D eigenvalue weighted by atomic mass is 10.2. The van der Waals surface area contributed by atoms with E-state index >= 15 is 0 Å². The second kappa shape index (κ2) is 10.6. The highest BCUT2D eigenvalue weighted by atomic mass is 32.2. The van der Waals surface area contributed by atoms with Crippen molar-refractivity contribution in [2.45, 2.75) is 10.6 Å². The summed E-state index contributed by atoms with van der Waals surface area (Å²) in [5, 5.41) is 13.1. The van der Waals surface area contributed by atoms with E-state index in [1.807, 2.05) is 30.3 Å². The van der Waals surface area contributed by atoms with E-state index in [0.717, 1.165) is 5.56 Å². The lowest BCUT2D eigenvalue weighted by Gasteiger charge is -2.09. The maximum absolute atomic E-state index is 12.6. The smallest absolute Gasteiger partial charge is 0.250 e. The van der Waals surface area contributed by atoms with Crippen molar-refractivity contribution < 1.29 is 17.9 Å². The van der Waals surface area contributed by atoms with Gasteiger partial charge in [-0.3, -0.25) is 10.1 Å². The number of anilines is 1. The highest BCUT2D eigenvalue weighted by Gasteiger charge is 2.17. The van der Waals surface area contributed by atoms with Gasteiger partial charge in [-0.05, 0) is 54.2 Å². The van der Waals surface area contributed by atoms with Gasteiger partial charge in [0.1, 0.15) is 0 Å². The molecular weight excluding hydrogens is 448 g/mol. The van der Waals surface area contributed by atoms with Gasteiger partial charge >= 0.3 is 0 Å². The van der Waals surface area contributed by atoms with Gasteiger partial charge < -0.3 is 10.1 Å². The van der Waals surface area contributed by atoms with Crippen LogP contribution < -0.4 is 15.4 Å². The summed E-state index contributed by atoms with van der Waals surface area (Å²) >= 11 is 5.14. The minimum Gasteiger partial charge on any atom is -0.480 e. The maximum atomic E-state index is 12.6. The third kappa shape index (κ3) is 6.69. The number of hydrogen-bond donors (Lipinski definition) is 2. The Labute approximate surface area is 191 Å². The van der Waals surface area contributed by atoms with Crippen LogP contribution in [-0.2, 0) is 20.4 Å². The molecule has 0 aliphatic carbocycles. The molecule has 0 bridgehead atoms. The van der Waals surface area contributed by atoms with E-state index in [2.05, 4.69) is 20.8 Å². The molecule has 10 heteroatoms. The molecule has 0 fully saturated rings. The van der Waals surface area contributed by atoms with Crippen molar-refractivity contribution in [1.82, 2.24) is 15.5 Å². The zero-order valence-electron chi connectivity index (χ0n) is 17.1. The monoisotopic (exact) mass is 468 g/mol. The first-order valence-electron chi connectivity index (χ1n) is 9.40.